The van der Waals surface area contributed by atoms with Crippen LogP contribution in [0.2, 0.25) is 5.15 Å². The maximum atomic E-state index is 12.7. The fraction of sp³-hybridized carbons (Fsp3) is 0.522. The molecule has 0 radical (unpaired) electrons. The highest BCUT2D eigenvalue weighted by atomic mass is 35.5. The Balaban J connectivity index is 2.24. The van der Waals surface area contributed by atoms with Crippen LogP contribution in [0.1, 0.15) is 67.5 Å². The zero-order valence-electron chi connectivity index (χ0n) is 18.4. The Bertz CT molecular complexity index is 881. The van der Waals surface area contributed by atoms with Gasteiger partial charge in [-0.1, -0.05) is 50.9 Å². The Morgan fingerprint density at radius 3 is 2.48 bits per heavy atom. The average Bonchev–Trinajstić information content (AvgIpc) is 3.03. The van der Waals surface area contributed by atoms with Crippen LogP contribution in [0.25, 0.3) is 0 Å². The van der Waals surface area contributed by atoms with Gasteiger partial charge in [-0.05, 0) is 36.5 Å². The number of aromatic carboxylic acids is 1. The maximum absolute atomic E-state index is 12.7. The smallest absolute Gasteiger partial charge is 0.335 e. The van der Waals surface area contributed by atoms with Gasteiger partial charge < -0.3 is 15.0 Å². The molecule has 6 nitrogen and oxygen atoms in total. The van der Waals surface area contributed by atoms with E-state index in [1.807, 2.05) is 4.57 Å². The van der Waals surface area contributed by atoms with Gasteiger partial charge in [-0.15, -0.1) is 0 Å². The Kier molecular flexibility index (Phi) is 9.91. The van der Waals surface area contributed by atoms with Crippen molar-refractivity contribution in [2.75, 3.05) is 5.75 Å². The number of nitrogens with one attached hydrogen (secondary N) is 1. The van der Waals surface area contributed by atoms with Crippen LogP contribution >= 0.6 is 24.2 Å². The number of benzene rings is 1. The monoisotopic (exact) mass is 465 g/mol. The second kappa shape index (κ2) is 12.2. The van der Waals surface area contributed by atoms with Crippen LogP contribution in [0.4, 0.5) is 0 Å². The topological polar surface area (TPSA) is 84.2 Å². The summed E-state index contributed by atoms with van der Waals surface area (Å²) in [5, 5.41) is 12.5. The number of rotatable bonds is 12. The molecule has 31 heavy (non-hydrogen) atoms. The molecule has 0 aliphatic heterocycles. The summed E-state index contributed by atoms with van der Waals surface area (Å²) in [7, 11) is 0. The van der Waals surface area contributed by atoms with Crippen molar-refractivity contribution in [3.8, 4) is 0 Å². The largest absolute Gasteiger partial charge is 0.478 e. The zero-order chi connectivity index (χ0) is 23.0. The van der Waals surface area contributed by atoms with Crippen molar-refractivity contribution in [3.63, 3.8) is 0 Å². The van der Waals surface area contributed by atoms with Gasteiger partial charge in [0, 0.05) is 24.6 Å². The highest BCUT2D eigenvalue weighted by molar-refractivity contribution is 7.80. The molecule has 0 fully saturated rings. The average molecular weight is 466 g/mol. The Labute approximate surface area is 194 Å². The van der Waals surface area contributed by atoms with Crippen molar-refractivity contribution in [3.05, 3.63) is 52.1 Å². The van der Waals surface area contributed by atoms with Gasteiger partial charge >= 0.3 is 5.97 Å². The van der Waals surface area contributed by atoms with E-state index < -0.39 is 5.97 Å². The molecule has 0 saturated carbocycles. The van der Waals surface area contributed by atoms with Crippen molar-refractivity contribution in [2.45, 2.75) is 59.5 Å². The van der Waals surface area contributed by atoms with Gasteiger partial charge in [0.15, 0.2) is 5.15 Å². The van der Waals surface area contributed by atoms with Crippen LogP contribution in [0, 0.1) is 11.8 Å². The highest BCUT2D eigenvalue weighted by Gasteiger charge is 2.21. The molecular formula is C23H32ClN3O3S. The van der Waals surface area contributed by atoms with E-state index in [0.717, 1.165) is 42.8 Å². The summed E-state index contributed by atoms with van der Waals surface area (Å²) in [5.41, 5.74) is 1.94. The van der Waals surface area contributed by atoms with E-state index in [-0.39, 0.29) is 23.9 Å². The van der Waals surface area contributed by atoms with E-state index in [1.54, 1.807) is 24.3 Å². The van der Waals surface area contributed by atoms with Gasteiger partial charge in [-0.2, -0.15) is 12.6 Å². The number of nitrogens with zero attached hydrogens (tertiary/aromatic N) is 2. The summed E-state index contributed by atoms with van der Waals surface area (Å²) in [6, 6.07) is 6.77. The molecule has 1 amide bonds. The molecule has 1 unspecified atom stereocenters. The number of halogens is 1. The fourth-order valence-electron chi connectivity index (χ4n) is 3.47. The van der Waals surface area contributed by atoms with Gasteiger partial charge in [0.25, 0.3) is 0 Å². The van der Waals surface area contributed by atoms with Crippen molar-refractivity contribution in [1.29, 1.82) is 0 Å². The predicted octanol–water partition coefficient (Wildman–Crippen LogP) is 4.83. The number of amides is 1. The first-order chi connectivity index (χ1) is 14.8. The summed E-state index contributed by atoms with van der Waals surface area (Å²) >= 11 is 10.8. The highest BCUT2D eigenvalue weighted by Crippen LogP contribution is 2.22. The number of carbonyl (C=O) groups is 2. The van der Waals surface area contributed by atoms with Crippen molar-refractivity contribution in [2.24, 2.45) is 11.8 Å². The molecule has 2 rings (SSSR count). The van der Waals surface area contributed by atoms with Gasteiger partial charge in [-0.3, -0.25) is 4.79 Å². The standard InChI is InChI=1S/C23H32ClN3O3S/c1-4-5-6-20-26-21(24)19(12-25-22(28)18(14-31)11-15(2)3)27(20)13-16-7-9-17(10-8-16)23(29)30/h7-10,15,18,31H,4-6,11-14H2,1-3H3,(H,25,28)(H,29,30). The number of hydrogen-bond acceptors (Lipinski definition) is 4. The Hall–Kier alpha value is -1.99. The number of imidazole rings is 1. The summed E-state index contributed by atoms with van der Waals surface area (Å²) in [6.07, 6.45) is 3.57. The number of unbranched alkanes of at least 4 members (excludes halogenated alkanes) is 1. The van der Waals surface area contributed by atoms with Crippen LogP contribution in [0.15, 0.2) is 24.3 Å². The van der Waals surface area contributed by atoms with E-state index in [2.05, 4.69) is 43.7 Å². The van der Waals surface area contributed by atoms with E-state index >= 15 is 0 Å². The first-order valence-corrected chi connectivity index (χ1v) is 11.7. The molecular weight excluding hydrogens is 434 g/mol. The van der Waals surface area contributed by atoms with Crippen LogP contribution in [-0.4, -0.2) is 32.3 Å². The summed E-state index contributed by atoms with van der Waals surface area (Å²) in [5.74, 6) is 0.631. The van der Waals surface area contributed by atoms with Gasteiger partial charge in [0.1, 0.15) is 5.82 Å². The quantitative estimate of drug-likeness (QED) is 0.392. The van der Waals surface area contributed by atoms with Crippen molar-refractivity contribution < 1.29 is 14.7 Å². The lowest BCUT2D eigenvalue weighted by Gasteiger charge is -2.18. The van der Waals surface area contributed by atoms with E-state index in [1.165, 1.54) is 0 Å². The third kappa shape index (κ3) is 7.28. The first kappa shape index (κ1) is 25.3. The molecule has 0 saturated heterocycles. The minimum atomic E-state index is -0.954. The molecule has 170 valence electrons. The lowest BCUT2D eigenvalue weighted by atomic mass is 9.98. The number of thiol groups is 1. The SMILES string of the molecule is CCCCc1nc(Cl)c(CNC(=O)C(CS)CC(C)C)n1Cc1ccc(C(=O)O)cc1. The number of carboxylic acid groups (broad SMARTS) is 1. The van der Waals surface area contributed by atoms with Crippen molar-refractivity contribution >= 4 is 36.1 Å². The number of carbonyl (C=O) groups excluding carboxylic acids is 1. The number of aryl methyl sites for hydroxylation is 1. The molecule has 0 bridgehead atoms. The lowest BCUT2D eigenvalue weighted by molar-refractivity contribution is -0.124. The summed E-state index contributed by atoms with van der Waals surface area (Å²) in [4.78, 5) is 28.3. The minimum Gasteiger partial charge on any atom is -0.478 e. The van der Waals surface area contributed by atoms with Crippen LogP contribution in [0.5, 0.6) is 0 Å². The Morgan fingerprint density at radius 2 is 1.94 bits per heavy atom. The lowest BCUT2D eigenvalue weighted by Crippen LogP contribution is -2.33. The maximum Gasteiger partial charge on any atom is 0.335 e. The first-order valence-electron chi connectivity index (χ1n) is 10.7. The van der Waals surface area contributed by atoms with Gasteiger partial charge in [0.2, 0.25) is 5.91 Å². The van der Waals surface area contributed by atoms with E-state index in [0.29, 0.717) is 23.4 Å². The molecule has 8 heteroatoms. The molecule has 2 aromatic rings. The molecule has 1 atom stereocenters. The van der Waals surface area contributed by atoms with E-state index in [9.17, 15) is 9.59 Å². The zero-order valence-corrected chi connectivity index (χ0v) is 20.0. The predicted molar refractivity (Wildman–Crippen MR) is 127 cm³/mol. The minimum absolute atomic E-state index is 0.0339. The fourth-order valence-corrected chi connectivity index (χ4v) is 4.05. The molecule has 1 heterocycles. The summed E-state index contributed by atoms with van der Waals surface area (Å²) < 4.78 is 2.03. The van der Waals surface area contributed by atoms with E-state index in [4.69, 9.17) is 16.7 Å². The van der Waals surface area contributed by atoms with Gasteiger partial charge in [0.05, 0.1) is 17.8 Å². The molecule has 1 aromatic carbocycles. The number of carboxylic acids is 1. The second-order valence-corrected chi connectivity index (χ2v) is 8.91. The third-order valence-corrected chi connectivity index (χ3v) is 5.92. The molecule has 0 aliphatic rings. The number of aromatic nitrogens is 2. The van der Waals surface area contributed by atoms with Crippen LogP contribution in [-0.2, 0) is 24.3 Å². The Morgan fingerprint density at radius 1 is 1.26 bits per heavy atom. The number of hydrogen-bond donors (Lipinski definition) is 3. The molecule has 0 aliphatic carbocycles. The summed E-state index contributed by atoms with van der Waals surface area (Å²) in [6.45, 7) is 7.09. The van der Waals surface area contributed by atoms with Crippen LogP contribution in [0.3, 0.4) is 0 Å². The molecule has 0 spiro atoms. The normalized spacial score (nSPS) is 12.2. The van der Waals surface area contributed by atoms with Crippen molar-refractivity contribution in [1.82, 2.24) is 14.9 Å². The molecule has 1 aromatic heterocycles. The molecule has 2 N–H and O–H groups in total. The second-order valence-electron chi connectivity index (χ2n) is 8.18. The third-order valence-electron chi connectivity index (χ3n) is 5.18. The van der Waals surface area contributed by atoms with Crippen LogP contribution < -0.4 is 5.32 Å². The van der Waals surface area contributed by atoms with Gasteiger partial charge in [-0.25, -0.2) is 9.78 Å².